The van der Waals surface area contributed by atoms with Gasteiger partial charge in [0, 0.05) is 31.7 Å². The fourth-order valence-electron chi connectivity index (χ4n) is 4.31. The second-order valence-corrected chi connectivity index (χ2v) is 8.31. The number of aromatic nitrogens is 2. The SMILES string of the molecule is CCc1c(C(=O)N2CCCN(C(=O)c3cccc(C)c3)CC2)cnn1Cc1ccccc1. The summed E-state index contributed by atoms with van der Waals surface area (Å²) in [4.78, 5) is 30.0. The van der Waals surface area contributed by atoms with Gasteiger partial charge in [0.2, 0.25) is 0 Å². The highest BCUT2D eigenvalue weighted by Crippen LogP contribution is 2.17. The Hall–Kier alpha value is -3.41. The number of hydrogen-bond donors (Lipinski definition) is 0. The van der Waals surface area contributed by atoms with Crippen LogP contribution in [-0.2, 0) is 13.0 Å². The minimum Gasteiger partial charge on any atom is -0.337 e. The zero-order valence-corrected chi connectivity index (χ0v) is 18.8. The summed E-state index contributed by atoms with van der Waals surface area (Å²) in [6.07, 6.45) is 3.20. The molecule has 0 atom stereocenters. The zero-order chi connectivity index (χ0) is 22.5. The maximum absolute atomic E-state index is 13.4. The van der Waals surface area contributed by atoms with Gasteiger partial charge in [0.15, 0.2) is 0 Å². The number of rotatable bonds is 5. The third kappa shape index (κ3) is 4.74. The molecule has 2 amide bonds. The molecule has 6 nitrogen and oxygen atoms in total. The van der Waals surface area contributed by atoms with E-state index >= 15 is 0 Å². The van der Waals surface area contributed by atoms with Crippen LogP contribution in [0.1, 0.15) is 50.9 Å². The van der Waals surface area contributed by atoms with Crippen molar-refractivity contribution in [3.63, 3.8) is 0 Å². The largest absolute Gasteiger partial charge is 0.337 e. The zero-order valence-electron chi connectivity index (χ0n) is 18.8. The summed E-state index contributed by atoms with van der Waals surface area (Å²) >= 11 is 0. The third-order valence-electron chi connectivity index (χ3n) is 6.02. The van der Waals surface area contributed by atoms with Crippen LogP contribution in [0.3, 0.4) is 0 Å². The predicted octanol–water partition coefficient (Wildman–Crippen LogP) is 3.79. The number of aryl methyl sites for hydroxylation is 1. The average molecular weight is 431 g/mol. The first-order valence-corrected chi connectivity index (χ1v) is 11.3. The van der Waals surface area contributed by atoms with E-state index in [1.54, 1.807) is 6.20 Å². The molecule has 0 bridgehead atoms. The number of benzene rings is 2. The molecule has 1 aromatic heterocycles. The van der Waals surface area contributed by atoms with Crippen LogP contribution in [0, 0.1) is 6.92 Å². The first kappa shape index (κ1) is 21.8. The Labute approximate surface area is 189 Å². The molecule has 2 aromatic carbocycles. The highest BCUT2D eigenvalue weighted by molar-refractivity contribution is 5.96. The van der Waals surface area contributed by atoms with Crippen LogP contribution in [-0.4, -0.2) is 57.6 Å². The van der Waals surface area contributed by atoms with Crippen molar-refractivity contribution in [2.75, 3.05) is 26.2 Å². The smallest absolute Gasteiger partial charge is 0.257 e. The third-order valence-corrected chi connectivity index (χ3v) is 6.02. The molecule has 4 rings (SSSR count). The molecule has 0 aliphatic carbocycles. The molecule has 0 radical (unpaired) electrons. The highest BCUT2D eigenvalue weighted by Gasteiger charge is 2.26. The number of carbonyl (C=O) groups is 2. The molecule has 1 aliphatic rings. The second-order valence-electron chi connectivity index (χ2n) is 8.31. The van der Waals surface area contributed by atoms with Crippen LogP contribution in [0.2, 0.25) is 0 Å². The lowest BCUT2D eigenvalue weighted by Crippen LogP contribution is -2.37. The summed E-state index contributed by atoms with van der Waals surface area (Å²) in [5.74, 6) is 0.0407. The molecular formula is C26H30N4O2. The van der Waals surface area contributed by atoms with E-state index in [-0.39, 0.29) is 11.8 Å². The Morgan fingerprint density at radius 3 is 2.31 bits per heavy atom. The minimum atomic E-state index is 0.00557. The lowest BCUT2D eigenvalue weighted by Gasteiger charge is -2.22. The van der Waals surface area contributed by atoms with E-state index in [0.29, 0.717) is 43.9 Å². The first-order chi connectivity index (χ1) is 15.6. The number of carbonyl (C=O) groups excluding carboxylic acids is 2. The molecule has 0 unspecified atom stereocenters. The molecule has 1 saturated heterocycles. The molecule has 0 saturated carbocycles. The molecule has 1 fully saturated rings. The maximum atomic E-state index is 13.4. The van der Waals surface area contributed by atoms with Crippen LogP contribution in [0.25, 0.3) is 0 Å². The predicted molar refractivity (Wildman–Crippen MR) is 125 cm³/mol. The van der Waals surface area contributed by atoms with Gasteiger partial charge in [-0.1, -0.05) is 55.0 Å². The maximum Gasteiger partial charge on any atom is 0.257 e. The Kier molecular flexibility index (Phi) is 6.69. The molecule has 0 N–H and O–H groups in total. The molecule has 1 aliphatic heterocycles. The molecule has 3 aromatic rings. The molecular weight excluding hydrogens is 400 g/mol. The van der Waals surface area contributed by atoms with Crippen LogP contribution in [0.15, 0.2) is 60.8 Å². The standard InChI is InChI=1S/C26H30N4O2/c1-3-24-23(18-27-30(24)19-21-10-5-4-6-11-21)26(32)29-14-8-13-28(15-16-29)25(31)22-12-7-9-20(2)17-22/h4-7,9-12,17-18H,3,8,13-16,19H2,1-2H3. The van der Waals surface area contributed by atoms with Gasteiger partial charge in [-0.3, -0.25) is 14.3 Å². The molecule has 0 spiro atoms. The van der Waals surface area contributed by atoms with E-state index in [0.717, 1.165) is 29.7 Å². The Morgan fingerprint density at radius 1 is 0.906 bits per heavy atom. The van der Waals surface area contributed by atoms with Gasteiger partial charge in [0.1, 0.15) is 0 Å². The lowest BCUT2D eigenvalue weighted by molar-refractivity contribution is 0.0718. The topological polar surface area (TPSA) is 58.4 Å². The van der Waals surface area contributed by atoms with Gasteiger partial charge in [0.25, 0.3) is 11.8 Å². The molecule has 2 heterocycles. The van der Waals surface area contributed by atoms with E-state index < -0.39 is 0 Å². The van der Waals surface area contributed by atoms with Crippen molar-refractivity contribution in [3.8, 4) is 0 Å². The summed E-state index contributed by atoms with van der Waals surface area (Å²) < 4.78 is 1.92. The summed E-state index contributed by atoms with van der Waals surface area (Å²) in [7, 11) is 0. The number of hydrogen-bond acceptors (Lipinski definition) is 3. The van der Waals surface area contributed by atoms with Gasteiger partial charge in [-0.15, -0.1) is 0 Å². The van der Waals surface area contributed by atoms with Crippen molar-refractivity contribution in [1.82, 2.24) is 19.6 Å². The summed E-state index contributed by atoms with van der Waals surface area (Å²) in [6.45, 7) is 7.06. The van der Waals surface area contributed by atoms with Gasteiger partial charge in [-0.2, -0.15) is 5.10 Å². The van der Waals surface area contributed by atoms with Crippen molar-refractivity contribution >= 4 is 11.8 Å². The molecule has 166 valence electrons. The summed E-state index contributed by atoms with van der Waals surface area (Å²) in [6, 6.07) is 17.8. The highest BCUT2D eigenvalue weighted by atomic mass is 16.2. The fourth-order valence-corrected chi connectivity index (χ4v) is 4.31. The number of amides is 2. The van der Waals surface area contributed by atoms with E-state index in [1.807, 2.05) is 63.9 Å². The quantitative estimate of drug-likeness (QED) is 0.619. The van der Waals surface area contributed by atoms with E-state index in [1.165, 1.54) is 0 Å². The van der Waals surface area contributed by atoms with Gasteiger partial charge in [-0.05, 0) is 37.5 Å². The van der Waals surface area contributed by atoms with Crippen molar-refractivity contribution in [2.45, 2.75) is 33.2 Å². The number of nitrogens with zero attached hydrogens (tertiary/aromatic N) is 4. The van der Waals surface area contributed by atoms with Crippen LogP contribution < -0.4 is 0 Å². The van der Waals surface area contributed by atoms with Crippen molar-refractivity contribution < 1.29 is 9.59 Å². The van der Waals surface area contributed by atoms with Crippen molar-refractivity contribution in [2.24, 2.45) is 0 Å². The summed E-state index contributed by atoms with van der Waals surface area (Å²) in [5, 5.41) is 4.52. The Bertz CT molecular complexity index is 1090. The van der Waals surface area contributed by atoms with E-state index in [2.05, 4.69) is 24.2 Å². The normalized spacial score (nSPS) is 14.3. The van der Waals surface area contributed by atoms with Crippen LogP contribution in [0.4, 0.5) is 0 Å². The second kappa shape index (κ2) is 9.81. The summed E-state index contributed by atoms with van der Waals surface area (Å²) in [5.41, 5.74) is 4.56. The van der Waals surface area contributed by atoms with Gasteiger partial charge in [-0.25, -0.2) is 0 Å². The molecule has 32 heavy (non-hydrogen) atoms. The fraction of sp³-hybridized carbons (Fsp3) is 0.346. The monoisotopic (exact) mass is 430 g/mol. The van der Waals surface area contributed by atoms with Crippen molar-refractivity contribution in [3.05, 3.63) is 88.7 Å². The van der Waals surface area contributed by atoms with E-state index in [9.17, 15) is 9.59 Å². The van der Waals surface area contributed by atoms with Crippen molar-refractivity contribution in [1.29, 1.82) is 0 Å². The van der Waals surface area contributed by atoms with Gasteiger partial charge in [0.05, 0.1) is 24.0 Å². The molecule has 6 heteroatoms. The van der Waals surface area contributed by atoms with Crippen LogP contribution >= 0.6 is 0 Å². The van der Waals surface area contributed by atoms with Gasteiger partial charge >= 0.3 is 0 Å². The lowest BCUT2D eigenvalue weighted by atomic mass is 10.1. The minimum absolute atomic E-state index is 0.00557. The van der Waals surface area contributed by atoms with Gasteiger partial charge < -0.3 is 9.80 Å². The average Bonchev–Trinajstić information content (AvgIpc) is 3.05. The van der Waals surface area contributed by atoms with Crippen LogP contribution in [0.5, 0.6) is 0 Å². The van der Waals surface area contributed by atoms with E-state index in [4.69, 9.17) is 0 Å². The Balaban J connectivity index is 1.45. The Morgan fingerprint density at radius 2 is 1.62 bits per heavy atom. The first-order valence-electron chi connectivity index (χ1n) is 11.3.